The molecule has 1 radical (unpaired) electrons. The zero-order valence-electron chi connectivity index (χ0n) is 6.81. The quantitative estimate of drug-likeness (QED) is 0.652. The van der Waals surface area contributed by atoms with Crippen molar-refractivity contribution in [3.63, 3.8) is 0 Å². The van der Waals surface area contributed by atoms with Crippen LogP contribution in [0.25, 0.3) is 11.3 Å². The highest BCUT2D eigenvalue weighted by Crippen LogP contribution is 2.14. The molecule has 0 saturated carbocycles. The van der Waals surface area contributed by atoms with E-state index >= 15 is 0 Å². The number of aromatic nitrogens is 3. The van der Waals surface area contributed by atoms with Gasteiger partial charge in [-0.2, -0.15) is 0 Å². The molecule has 0 aliphatic rings. The summed E-state index contributed by atoms with van der Waals surface area (Å²) >= 11 is 0. The molecule has 4 heteroatoms. The van der Waals surface area contributed by atoms with E-state index in [9.17, 15) is 0 Å². The number of pyridine rings is 1. The summed E-state index contributed by atoms with van der Waals surface area (Å²) in [6.45, 7) is 0. The predicted octanol–water partition coefficient (Wildman–Crippen LogP) is 1.45. The first-order valence-corrected chi connectivity index (χ1v) is 3.82. The van der Waals surface area contributed by atoms with E-state index in [-0.39, 0.29) is 5.82 Å². The molecule has 2 rings (SSSR count). The lowest BCUT2D eigenvalue weighted by atomic mass is 10.2. The van der Waals surface area contributed by atoms with Crippen LogP contribution in [-0.4, -0.2) is 15.2 Å². The lowest BCUT2D eigenvalue weighted by molar-refractivity contribution is 1.02. The van der Waals surface area contributed by atoms with E-state index in [2.05, 4.69) is 15.2 Å². The highest BCUT2D eigenvalue weighted by Gasteiger charge is 1.97. The van der Waals surface area contributed by atoms with Gasteiger partial charge in [0.15, 0.2) is 5.82 Å². The van der Waals surface area contributed by atoms with E-state index < -0.39 is 0 Å². The van der Waals surface area contributed by atoms with Crippen molar-refractivity contribution in [1.29, 1.82) is 0 Å². The molecule has 2 heterocycles. The molecule has 63 valence electrons. The number of nitrogens with one attached hydrogen (secondary N) is 1. The lowest BCUT2D eigenvalue weighted by Gasteiger charge is -1.97. The minimum absolute atomic E-state index is 0.179. The second-order valence-corrected chi connectivity index (χ2v) is 2.54. The van der Waals surface area contributed by atoms with Crippen molar-refractivity contribution >= 4 is 5.82 Å². The summed E-state index contributed by atoms with van der Waals surface area (Å²) in [5.74, 6) is 0.179. The van der Waals surface area contributed by atoms with Gasteiger partial charge in [0, 0.05) is 18.0 Å². The largest absolute Gasteiger partial charge is 0.281 e. The van der Waals surface area contributed by atoms with Gasteiger partial charge in [0.1, 0.15) is 0 Å². The third-order valence-corrected chi connectivity index (χ3v) is 1.64. The molecule has 0 bridgehead atoms. The van der Waals surface area contributed by atoms with Crippen LogP contribution in [0.15, 0.2) is 36.7 Å². The van der Waals surface area contributed by atoms with Crippen molar-refractivity contribution < 1.29 is 0 Å². The molecule has 2 aromatic heterocycles. The summed E-state index contributed by atoms with van der Waals surface area (Å²) in [5.41, 5.74) is 8.89. The van der Waals surface area contributed by atoms with Crippen LogP contribution >= 0.6 is 0 Å². The Morgan fingerprint density at radius 1 is 0.923 bits per heavy atom. The minimum atomic E-state index is 0.179. The summed E-state index contributed by atoms with van der Waals surface area (Å²) in [7, 11) is 0. The fourth-order valence-electron chi connectivity index (χ4n) is 1.01. The van der Waals surface area contributed by atoms with Gasteiger partial charge in [-0.25, -0.2) is 0 Å². The number of hydrogen-bond donors (Lipinski definition) is 0. The topological polar surface area (TPSA) is 62.5 Å². The SMILES string of the molecule is [NH]c1ccc(-c2ccncc2)nn1. The molecule has 1 N–H and O–H groups in total. The van der Waals surface area contributed by atoms with Crippen molar-refractivity contribution in [2.24, 2.45) is 0 Å². The van der Waals surface area contributed by atoms with Gasteiger partial charge >= 0.3 is 0 Å². The Kier molecular flexibility index (Phi) is 1.88. The van der Waals surface area contributed by atoms with Crippen molar-refractivity contribution in [2.75, 3.05) is 0 Å². The number of nitrogens with zero attached hydrogens (tertiary/aromatic N) is 3. The van der Waals surface area contributed by atoms with Gasteiger partial charge in [-0.3, -0.25) is 10.7 Å². The molecule has 0 aliphatic heterocycles. The molecule has 0 saturated heterocycles. The first-order chi connectivity index (χ1) is 6.36. The smallest absolute Gasteiger partial charge is 0.167 e. The number of rotatable bonds is 1. The van der Waals surface area contributed by atoms with Gasteiger partial charge in [0.05, 0.1) is 5.69 Å². The van der Waals surface area contributed by atoms with Gasteiger partial charge in [-0.15, -0.1) is 10.2 Å². The van der Waals surface area contributed by atoms with Crippen molar-refractivity contribution in [1.82, 2.24) is 20.9 Å². The second kappa shape index (κ2) is 3.18. The van der Waals surface area contributed by atoms with E-state index in [1.165, 1.54) is 0 Å². The van der Waals surface area contributed by atoms with Gasteiger partial charge in [-0.1, -0.05) is 0 Å². The Hall–Kier alpha value is -1.97. The summed E-state index contributed by atoms with van der Waals surface area (Å²) in [5, 5.41) is 7.54. The molecular weight excluding hydrogens is 164 g/mol. The molecule has 0 amide bonds. The standard InChI is InChI=1S/C9H7N4/c10-9-2-1-8(12-13-9)7-3-5-11-6-4-7/h1-6,10H. The molecule has 0 fully saturated rings. The maximum Gasteiger partial charge on any atom is 0.167 e. The molecule has 0 aliphatic carbocycles. The van der Waals surface area contributed by atoms with E-state index in [1.54, 1.807) is 24.5 Å². The van der Waals surface area contributed by atoms with Crippen LogP contribution in [0.5, 0.6) is 0 Å². The van der Waals surface area contributed by atoms with Crippen LogP contribution in [0.1, 0.15) is 0 Å². The van der Waals surface area contributed by atoms with Gasteiger partial charge in [0.25, 0.3) is 0 Å². The van der Waals surface area contributed by atoms with Gasteiger partial charge in [0.2, 0.25) is 0 Å². The van der Waals surface area contributed by atoms with Crippen molar-refractivity contribution in [2.45, 2.75) is 0 Å². The molecule has 13 heavy (non-hydrogen) atoms. The molecule has 4 nitrogen and oxygen atoms in total. The maximum atomic E-state index is 7.17. The minimum Gasteiger partial charge on any atom is -0.281 e. The zero-order chi connectivity index (χ0) is 9.10. The monoisotopic (exact) mass is 171 g/mol. The van der Waals surface area contributed by atoms with Crippen LogP contribution in [0, 0.1) is 0 Å². The highest BCUT2D eigenvalue weighted by molar-refractivity contribution is 5.57. The van der Waals surface area contributed by atoms with E-state index in [1.807, 2.05) is 12.1 Å². The lowest BCUT2D eigenvalue weighted by Crippen LogP contribution is -1.87. The summed E-state index contributed by atoms with van der Waals surface area (Å²) in [4.78, 5) is 3.90. The van der Waals surface area contributed by atoms with Crippen LogP contribution < -0.4 is 5.73 Å². The molecular formula is C9H7N4. The summed E-state index contributed by atoms with van der Waals surface area (Å²) in [6, 6.07) is 7.09. The Labute approximate surface area is 75.5 Å². The van der Waals surface area contributed by atoms with Gasteiger partial charge < -0.3 is 0 Å². The number of hydrogen-bond acceptors (Lipinski definition) is 3. The van der Waals surface area contributed by atoms with E-state index in [4.69, 9.17) is 5.73 Å². The van der Waals surface area contributed by atoms with Crippen LogP contribution in [-0.2, 0) is 0 Å². The molecule has 0 unspecified atom stereocenters. The first kappa shape index (κ1) is 7.67. The second-order valence-electron chi connectivity index (χ2n) is 2.54. The van der Waals surface area contributed by atoms with Crippen LogP contribution in [0.2, 0.25) is 0 Å². The Bertz CT molecular complexity index is 382. The molecule has 0 aromatic carbocycles. The summed E-state index contributed by atoms with van der Waals surface area (Å²) in [6.07, 6.45) is 3.40. The van der Waals surface area contributed by atoms with Crippen LogP contribution in [0.4, 0.5) is 5.82 Å². The third kappa shape index (κ3) is 1.61. The first-order valence-electron chi connectivity index (χ1n) is 3.82. The maximum absolute atomic E-state index is 7.17. The average Bonchev–Trinajstić information content (AvgIpc) is 2.20. The van der Waals surface area contributed by atoms with E-state index in [0.717, 1.165) is 11.3 Å². The average molecular weight is 171 g/mol. The predicted molar refractivity (Wildman–Crippen MR) is 48.0 cm³/mol. The van der Waals surface area contributed by atoms with E-state index in [0.29, 0.717) is 0 Å². The molecule has 0 atom stereocenters. The highest BCUT2D eigenvalue weighted by atomic mass is 15.1. The van der Waals surface area contributed by atoms with Crippen molar-refractivity contribution in [3.8, 4) is 11.3 Å². The fourth-order valence-corrected chi connectivity index (χ4v) is 1.01. The molecule has 2 aromatic rings. The molecule has 0 spiro atoms. The Balaban J connectivity index is 2.42. The Morgan fingerprint density at radius 3 is 2.31 bits per heavy atom. The third-order valence-electron chi connectivity index (χ3n) is 1.64. The fraction of sp³-hybridized carbons (Fsp3) is 0. The zero-order valence-corrected chi connectivity index (χ0v) is 6.81. The van der Waals surface area contributed by atoms with Crippen LogP contribution in [0.3, 0.4) is 0 Å². The van der Waals surface area contributed by atoms with Crippen molar-refractivity contribution in [3.05, 3.63) is 36.7 Å². The summed E-state index contributed by atoms with van der Waals surface area (Å²) < 4.78 is 0. The van der Waals surface area contributed by atoms with Gasteiger partial charge in [-0.05, 0) is 24.3 Å². The normalized spacial score (nSPS) is 9.85. The Morgan fingerprint density at radius 2 is 1.69 bits per heavy atom.